The highest BCUT2D eigenvalue weighted by atomic mass is 32.2. The summed E-state index contributed by atoms with van der Waals surface area (Å²) in [6.07, 6.45) is -0.344. The molecule has 0 saturated carbocycles. The Bertz CT molecular complexity index is 1440. The van der Waals surface area contributed by atoms with Gasteiger partial charge in [0.25, 0.3) is 5.91 Å². The van der Waals surface area contributed by atoms with Gasteiger partial charge in [0.1, 0.15) is 5.01 Å². The second-order valence-corrected chi connectivity index (χ2v) is 11.6. The van der Waals surface area contributed by atoms with Crippen LogP contribution in [0.4, 0.5) is 5.69 Å². The summed E-state index contributed by atoms with van der Waals surface area (Å²) in [5.74, 6) is -0.323. The van der Waals surface area contributed by atoms with E-state index < -0.39 is 10.0 Å². The van der Waals surface area contributed by atoms with Crippen LogP contribution in [0.3, 0.4) is 0 Å². The molecule has 9 heteroatoms. The summed E-state index contributed by atoms with van der Waals surface area (Å²) < 4.78 is 34.3. The van der Waals surface area contributed by atoms with E-state index in [2.05, 4.69) is 5.32 Å². The van der Waals surface area contributed by atoms with Gasteiger partial charge in [-0.2, -0.15) is 4.31 Å². The molecule has 3 aromatic carbocycles. The highest BCUT2D eigenvalue weighted by Crippen LogP contribution is 2.34. The Labute approximate surface area is 208 Å². The third-order valence-electron chi connectivity index (χ3n) is 5.84. The van der Waals surface area contributed by atoms with Crippen molar-refractivity contribution in [3.05, 3.63) is 78.4 Å². The summed E-state index contributed by atoms with van der Waals surface area (Å²) in [5, 5.41) is 3.77. The largest absolute Gasteiger partial charge is 0.373 e. The number of nitrogens with one attached hydrogen (secondary N) is 1. The van der Waals surface area contributed by atoms with Gasteiger partial charge in [-0.25, -0.2) is 13.4 Å². The standard InChI is InChI=1S/C26H25N3O4S2/c1-17-15-29(16-18(2)33-17)35(31,32)20-13-11-19(12-14-20)25(30)27-22-8-4-3-7-21(22)26-28-23-9-5-6-10-24(23)34-26/h3-14,17-18H,15-16H2,1-2H3,(H,27,30)/t17-,18-/m0/s1. The Morgan fingerprint density at radius 3 is 2.34 bits per heavy atom. The molecule has 1 aromatic heterocycles. The fraction of sp³-hybridized carbons (Fsp3) is 0.231. The average molecular weight is 508 g/mol. The van der Waals surface area contributed by atoms with Gasteiger partial charge in [0, 0.05) is 24.2 Å². The minimum atomic E-state index is -3.67. The summed E-state index contributed by atoms with van der Waals surface area (Å²) in [4.78, 5) is 17.9. The van der Waals surface area contributed by atoms with E-state index in [-0.39, 0.29) is 23.0 Å². The first-order valence-electron chi connectivity index (χ1n) is 11.3. The van der Waals surface area contributed by atoms with E-state index in [1.807, 2.05) is 62.4 Å². The Balaban J connectivity index is 1.36. The third kappa shape index (κ3) is 4.85. The highest BCUT2D eigenvalue weighted by Gasteiger charge is 2.32. The number of carbonyl (C=O) groups excluding carboxylic acids is 1. The van der Waals surface area contributed by atoms with Gasteiger partial charge in [-0.3, -0.25) is 4.79 Å². The summed E-state index contributed by atoms with van der Waals surface area (Å²) in [6.45, 7) is 4.32. The molecule has 2 atom stereocenters. The average Bonchev–Trinajstić information content (AvgIpc) is 3.28. The number of hydrogen-bond donors (Lipinski definition) is 1. The van der Waals surface area contributed by atoms with Crippen LogP contribution in [0.5, 0.6) is 0 Å². The minimum Gasteiger partial charge on any atom is -0.373 e. The van der Waals surface area contributed by atoms with E-state index in [0.29, 0.717) is 24.3 Å². The number of thiazole rings is 1. The van der Waals surface area contributed by atoms with Gasteiger partial charge in [0.15, 0.2) is 0 Å². The van der Waals surface area contributed by atoms with Crippen LogP contribution in [0, 0.1) is 0 Å². The van der Waals surface area contributed by atoms with Crippen LogP contribution in [-0.4, -0.2) is 48.9 Å². The molecular formula is C26H25N3O4S2. The Kier molecular flexibility index (Phi) is 6.41. The summed E-state index contributed by atoms with van der Waals surface area (Å²) in [7, 11) is -3.67. The van der Waals surface area contributed by atoms with Crippen molar-refractivity contribution in [3.8, 4) is 10.6 Å². The predicted octanol–water partition coefficient (Wildman–Crippen LogP) is 5.01. The first-order valence-corrected chi connectivity index (χ1v) is 13.6. The van der Waals surface area contributed by atoms with Crippen LogP contribution in [0.25, 0.3) is 20.8 Å². The molecular weight excluding hydrogens is 482 g/mol. The maximum Gasteiger partial charge on any atom is 0.255 e. The Hall–Kier alpha value is -3.11. The molecule has 1 amide bonds. The number of hydrogen-bond acceptors (Lipinski definition) is 6. The molecule has 1 N–H and O–H groups in total. The molecule has 0 radical (unpaired) electrons. The molecule has 180 valence electrons. The van der Waals surface area contributed by atoms with Gasteiger partial charge in [0.05, 0.1) is 33.0 Å². The van der Waals surface area contributed by atoms with E-state index >= 15 is 0 Å². The molecule has 1 saturated heterocycles. The molecule has 0 unspecified atom stereocenters. The molecule has 5 rings (SSSR count). The predicted molar refractivity (Wildman–Crippen MR) is 138 cm³/mol. The number of anilines is 1. The van der Waals surface area contributed by atoms with E-state index in [1.54, 1.807) is 11.3 Å². The molecule has 1 aliphatic rings. The molecule has 7 nitrogen and oxygen atoms in total. The molecule has 0 aliphatic carbocycles. The molecule has 0 spiro atoms. The molecule has 35 heavy (non-hydrogen) atoms. The van der Waals surface area contributed by atoms with Gasteiger partial charge in [-0.15, -0.1) is 11.3 Å². The number of fused-ring (bicyclic) bond motifs is 1. The van der Waals surface area contributed by atoms with Gasteiger partial charge in [-0.1, -0.05) is 24.3 Å². The van der Waals surface area contributed by atoms with Crippen LogP contribution >= 0.6 is 11.3 Å². The normalized spacial score (nSPS) is 19.0. The van der Waals surface area contributed by atoms with Crippen molar-refractivity contribution in [3.63, 3.8) is 0 Å². The lowest BCUT2D eigenvalue weighted by atomic mass is 10.1. The van der Waals surface area contributed by atoms with Crippen molar-refractivity contribution in [2.75, 3.05) is 18.4 Å². The fourth-order valence-electron chi connectivity index (χ4n) is 4.21. The van der Waals surface area contributed by atoms with Gasteiger partial charge < -0.3 is 10.1 Å². The Morgan fingerprint density at radius 2 is 1.63 bits per heavy atom. The van der Waals surface area contributed by atoms with Gasteiger partial charge >= 0.3 is 0 Å². The van der Waals surface area contributed by atoms with Crippen molar-refractivity contribution in [2.24, 2.45) is 0 Å². The van der Waals surface area contributed by atoms with Gasteiger partial charge in [0.2, 0.25) is 10.0 Å². The van der Waals surface area contributed by atoms with Crippen LogP contribution in [-0.2, 0) is 14.8 Å². The highest BCUT2D eigenvalue weighted by molar-refractivity contribution is 7.89. The second-order valence-electron chi connectivity index (χ2n) is 8.59. The summed E-state index contributed by atoms with van der Waals surface area (Å²) >= 11 is 1.56. The summed E-state index contributed by atoms with van der Waals surface area (Å²) in [6, 6.07) is 21.5. The zero-order valence-electron chi connectivity index (χ0n) is 19.3. The molecule has 1 fully saturated rings. The smallest absolute Gasteiger partial charge is 0.255 e. The lowest BCUT2D eigenvalue weighted by Gasteiger charge is -2.34. The number of rotatable bonds is 5. The number of sulfonamides is 1. The number of ether oxygens (including phenoxy) is 1. The van der Waals surface area contributed by atoms with E-state index in [4.69, 9.17) is 9.72 Å². The monoisotopic (exact) mass is 507 g/mol. The number of carbonyl (C=O) groups is 1. The van der Waals surface area contributed by atoms with Crippen LogP contribution in [0.1, 0.15) is 24.2 Å². The zero-order valence-corrected chi connectivity index (χ0v) is 21.0. The van der Waals surface area contributed by atoms with Crippen LogP contribution in [0.15, 0.2) is 77.7 Å². The number of para-hydroxylation sites is 2. The first kappa shape index (κ1) is 23.6. The zero-order chi connectivity index (χ0) is 24.6. The second kappa shape index (κ2) is 9.50. The van der Waals surface area contributed by atoms with Crippen molar-refractivity contribution >= 4 is 43.2 Å². The minimum absolute atomic E-state index is 0.158. The maximum atomic E-state index is 13.1. The lowest BCUT2D eigenvalue weighted by Crippen LogP contribution is -2.48. The van der Waals surface area contributed by atoms with Crippen molar-refractivity contribution < 1.29 is 17.9 Å². The lowest BCUT2D eigenvalue weighted by molar-refractivity contribution is -0.0440. The van der Waals surface area contributed by atoms with E-state index in [1.165, 1.54) is 28.6 Å². The number of morpholine rings is 1. The van der Waals surface area contributed by atoms with Crippen molar-refractivity contribution in [2.45, 2.75) is 31.0 Å². The number of benzene rings is 3. The molecule has 0 bridgehead atoms. The van der Waals surface area contributed by atoms with Gasteiger partial charge in [-0.05, 0) is 62.4 Å². The molecule has 4 aromatic rings. The van der Waals surface area contributed by atoms with E-state index in [9.17, 15) is 13.2 Å². The topological polar surface area (TPSA) is 88.6 Å². The first-order chi connectivity index (χ1) is 16.8. The maximum absolute atomic E-state index is 13.1. The molecule has 1 aliphatic heterocycles. The number of aromatic nitrogens is 1. The quantitative estimate of drug-likeness (QED) is 0.410. The van der Waals surface area contributed by atoms with Crippen molar-refractivity contribution in [1.29, 1.82) is 0 Å². The fourth-order valence-corrected chi connectivity index (χ4v) is 6.81. The van der Waals surface area contributed by atoms with Crippen molar-refractivity contribution in [1.82, 2.24) is 9.29 Å². The van der Waals surface area contributed by atoms with E-state index in [0.717, 1.165) is 20.8 Å². The van der Waals surface area contributed by atoms with Crippen LogP contribution in [0.2, 0.25) is 0 Å². The molecule has 2 heterocycles. The number of nitrogens with zero attached hydrogens (tertiary/aromatic N) is 2. The Morgan fingerprint density at radius 1 is 0.971 bits per heavy atom. The third-order valence-corrected chi connectivity index (χ3v) is 8.76. The van der Waals surface area contributed by atoms with Crippen LogP contribution < -0.4 is 5.32 Å². The number of amides is 1. The SMILES string of the molecule is C[C@H]1CN(S(=O)(=O)c2ccc(C(=O)Nc3ccccc3-c3nc4ccccc4s3)cc2)C[C@H](C)O1. The summed E-state index contributed by atoms with van der Waals surface area (Å²) in [5.41, 5.74) is 2.75.